The molecule has 0 radical (unpaired) electrons. The van der Waals surface area contributed by atoms with Gasteiger partial charge in [-0.3, -0.25) is 9.59 Å². The lowest BCUT2D eigenvalue weighted by molar-refractivity contribution is -0.141. The number of benzene rings is 1. The van der Waals surface area contributed by atoms with Crippen LogP contribution in [0.3, 0.4) is 0 Å². The molecule has 1 amide bonds. The smallest absolute Gasteiger partial charge is 0.306 e. The lowest BCUT2D eigenvalue weighted by atomic mass is 10.0. The number of carbonyl (C=O) groups is 2. The van der Waals surface area contributed by atoms with E-state index >= 15 is 0 Å². The minimum Gasteiger partial charge on any atom is -0.481 e. The highest BCUT2D eigenvalue weighted by molar-refractivity contribution is 5.93. The Hall–Kier alpha value is -1.88. The predicted molar refractivity (Wildman–Crippen MR) is 79.0 cm³/mol. The topological polar surface area (TPSA) is 75.6 Å². The number of hydrogen-bond donors (Lipinski definition) is 2. The van der Waals surface area contributed by atoms with Crippen LogP contribution in [-0.2, 0) is 14.3 Å². The first kappa shape index (κ1) is 15.5. The number of hydrogen-bond acceptors (Lipinski definition) is 3. The summed E-state index contributed by atoms with van der Waals surface area (Å²) in [6.45, 7) is 1.94. The normalized spacial score (nSPS) is 22.8. The number of nitrogens with one attached hydrogen (secondary N) is 1. The van der Waals surface area contributed by atoms with Crippen LogP contribution in [0.15, 0.2) is 24.3 Å². The zero-order chi connectivity index (χ0) is 15.4. The van der Waals surface area contributed by atoms with Crippen LogP contribution in [0.4, 0.5) is 5.69 Å². The molecule has 1 aliphatic carbocycles. The van der Waals surface area contributed by atoms with E-state index in [0.29, 0.717) is 19.3 Å². The number of carboxylic acid groups (broad SMARTS) is 1. The van der Waals surface area contributed by atoms with Crippen LogP contribution in [-0.4, -0.2) is 24.1 Å². The molecule has 3 atom stereocenters. The van der Waals surface area contributed by atoms with Crippen molar-refractivity contribution in [2.45, 2.75) is 32.3 Å². The minimum absolute atomic E-state index is 0.0373. The second-order valence-electron chi connectivity index (χ2n) is 5.54. The Kier molecular flexibility index (Phi) is 4.96. The summed E-state index contributed by atoms with van der Waals surface area (Å²) in [5, 5.41) is 11.9. The van der Waals surface area contributed by atoms with Gasteiger partial charge in [-0.2, -0.15) is 0 Å². The van der Waals surface area contributed by atoms with E-state index in [0.717, 1.165) is 11.3 Å². The number of amides is 1. The van der Waals surface area contributed by atoms with E-state index in [-0.39, 0.29) is 23.8 Å². The number of anilines is 1. The SMILES string of the molecule is COC(C)c1cccc(NC(=O)[C@@H]2CC[C@H](C(=O)O)C2)c1. The predicted octanol–water partition coefficient (Wildman–Crippen LogP) is 2.83. The van der Waals surface area contributed by atoms with Crippen molar-refractivity contribution < 1.29 is 19.4 Å². The molecule has 2 N–H and O–H groups in total. The van der Waals surface area contributed by atoms with E-state index in [2.05, 4.69) is 5.32 Å². The molecule has 114 valence electrons. The van der Waals surface area contributed by atoms with E-state index in [4.69, 9.17) is 9.84 Å². The molecule has 0 bridgehead atoms. The molecule has 1 aliphatic rings. The molecule has 2 rings (SSSR count). The van der Waals surface area contributed by atoms with Gasteiger partial charge in [0.2, 0.25) is 5.91 Å². The zero-order valence-electron chi connectivity index (χ0n) is 12.3. The Labute approximate surface area is 124 Å². The minimum atomic E-state index is -0.804. The van der Waals surface area contributed by atoms with E-state index in [9.17, 15) is 9.59 Å². The third kappa shape index (κ3) is 3.82. The molecule has 5 heteroatoms. The maximum absolute atomic E-state index is 12.2. The monoisotopic (exact) mass is 291 g/mol. The Balaban J connectivity index is 1.99. The zero-order valence-corrected chi connectivity index (χ0v) is 12.3. The van der Waals surface area contributed by atoms with Gasteiger partial charge in [0.25, 0.3) is 0 Å². The summed E-state index contributed by atoms with van der Waals surface area (Å²) in [4.78, 5) is 23.1. The maximum Gasteiger partial charge on any atom is 0.306 e. The van der Waals surface area contributed by atoms with Gasteiger partial charge < -0.3 is 15.2 Å². The van der Waals surface area contributed by atoms with Crippen LogP contribution in [0, 0.1) is 11.8 Å². The van der Waals surface area contributed by atoms with E-state index in [1.165, 1.54) is 0 Å². The van der Waals surface area contributed by atoms with Gasteiger partial charge >= 0.3 is 5.97 Å². The molecule has 1 aromatic carbocycles. The van der Waals surface area contributed by atoms with Crippen LogP contribution >= 0.6 is 0 Å². The summed E-state index contributed by atoms with van der Waals surface area (Å²) in [5.74, 6) is -1.50. The highest BCUT2D eigenvalue weighted by Crippen LogP contribution is 2.32. The maximum atomic E-state index is 12.2. The van der Waals surface area contributed by atoms with Crippen molar-refractivity contribution in [3.8, 4) is 0 Å². The molecule has 1 aromatic rings. The van der Waals surface area contributed by atoms with Crippen molar-refractivity contribution in [1.29, 1.82) is 0 Å². The fourth-order valence-corrected chi connectivity index (χ4v) is 2.69. The molecule has 1 saturated carbocycles. The first-order valence-corrected chi connectivity index (χ1v) is 7.17. The third-order valence-corrected chi connectivity index (χ3v) is 4.13. The second kappa shape index (κ2) is 6.72. The molecule has 21 heavy (non-hydrogen) atoms. The number of carbonyl (C=O) groups excluding carboxylic acids is 1. The first-order chi connectivity index (χ1) is 10.0. The van der Waals surface area contributed by atoms with Crippen LogP contribution in [0.2, 0.25) is 0 Å². The van der Waals surface area contributed by atoms with E-state index < -0.39 is 5.97 Å². The van der Waals surface area contributed by atoms with Crippen molar-refractivity contribution >= 4 is 17.6 Å². The summed E-state index contributed by atoms with van der Waals surface area (Å²) >= 11 is 0. The Morgan fingerprint density at radius 1 is 1.33 bits per heavy atom. The van der Waals surface area contributed by atoms with Gasteiger partial charge in [0.15, 0.2) is 0 Å². The molecule has 0 heterocycles. The van der Waals surface area contributed by atoms with Crippen LogP contribution in [0.1, 0.15) is 37.9 Å². The highest BCUT2D eigenvalue weighted by Gasteiger charge is 2.33. The molecule has 5 nitrogen and oxygen atoms in total. The van der Waals surface area contributed by atoms with Crippen molar-refractivity contribution in [3.63, 3.8) is 0 Å². The van der Waals surface area contributed by atoms with Gasteiger partial charge in [0, 0.05) is 18.7 Å². The average Bonchev–Trinajstić information content (AvgIpc) is 2.97. The summed E-state index contributed by atoms with van der Waals surface area (Å²) in [6, 6.07) is 7.53. The van der Waals surface area contributed by atoms with Crippen molar-refractivity contribution in [3.05, 3.63) is 29.8 Å². The number of methoxy groups -OCH3 is 1. The number of carboxylic acids is 1. The number of ether oxygens (including phenoxy) is 1. The fourth-order valence-electron chi connectivity index (χ4n) is 2.69. The van der Waals surface area contributed by atoms with Crippen molar-refractivity contribution in [2.24, 2.45) is 11.8 Å². The number of aliphatic carboxylic acids is 1. The fraction of sp³-hybridized carbons (Fsp3) is 0.500. The quantitative estimate of drug-likeness (QED) is 0.874. The van der Waals surface area contributed by atoms with Gasteiger partial charge in [-0.25, -0.2) is 0 Å². The summed E-state index contributed by atoms with van der Waals surface area (Å²) in [6.07, 6.45) is 1.60. The molecule has 0 saturated heterocycles. The van der Waals surface area contributed by atoms with Crippen molar-refractivity contribution in [1.82, 2.24) is 0 Å². The van der Waals surface area contributed by atoms with Gasteiger partial charge in [-0.1, -0.05) is 12.1 Å². The van der Waals surface area contributed by atoms with E-state index in [1.54, 1.807) is 7.11 Å². The van der Waals surface area contributed by atoms with Gasteiger partial charge in [-0.15, -0.1) is 0 Å². The second-order valence-corrected chi connectivity index (χ2v) is 5.54. The van der Waals surface area contributed by atoms with Gasteiger partial charge in [0.1, 0.15) is 0 Å². The average molecular weight is 291 g/mol. The molecular weight excluding hydrogens is 270 g/mol. The lowest BCUT2D eigenvalue weighted by Crippen LogP contribution is -2.21. The first-order valence-electron chi connectivity index (χ1n) is 7.17. The summed E-state index contributed by atoms with van der Waals surface area (Å²) in [7, 11) is 1.64. The van der Waals surface area contributed by atoms with E-state index in [1.807, 2.05) is 31.2 Å². The van der Waals surface area contributed by atoms with Gasteiger partial charge in [-0.05, 0) is 43.9 Å². The molecule has 0 spiro atoms. The van der Waals surface area contributed by atoms with Crippen LogP contribution in [0.5, 0.6) is 0 Å². The summed E-state index contributed by atoms with van der Waals surface area (Å²) < 4.78 is 5.26. The summed E-state index contributed by atoms with van der Waals surface area (Å²) in [5.41, 5.74) is 1.71. The highest BCUT2D eigenvalue weighted by atomic mass is 16.5. The molecule has 1 unspecified atom stereocenters. The molecule has 1 fully saturated rings. The lowest BCUT2D eigenvalue weighted by Gasteiger charge is -2.14. The van der Waals surface area contributed by atoms with Crippen LogP contribution in [0.25, 0.3) is 0 Å². The standard InChI is InChI=1S/C16H21NO4/c1-10(21-2)11-4-3-5-14(9-11)17-15(18)12-6-7-13(8-12)16(19)20/h3-5,9-10,12-13H,6-8H2,1-2H3,(H,17,18)(H,19,20)/t10?,12-,13+/m1/s1. The van der Waals surface area contributed by atoms with Crippen molar-refractivity contribution in [2.75, 3.05) is 12.4 Å². The molecular formula is C16H21NO4. The Bertz CT molecular complexity index is 529. The Morgan fingerprint density at radius 3 is 2.67 bits per heavy atom. The Morgan fingerprint density at radius 2 is 2.05 bits per heavy atom. The third-order valence-electron chi connectivity index (χ3n) is 4.13. The van der Waals surface area contributed by atoms with Gasteiger partial charge in [0.05, 0.1) is 12.0 Å². The largest absolute Gasteiger partial charge is 0.481 e. The molecule has 0 aromatic heterocycles. The number of rotatable bonds is 5. The van der Waals surface area contributed by atoms with Crippen LogP contribution < -0.4 is 5.32 Å². The molecule has 0 aliphatic heterocycles.